The maximum Gasteiger partial charge on any atom is 0.416 e. The number of hydrogen-bond acceptors (Lipinski definition) is 4. The summed E-state index contributed by atoms with van der Waals surface area (Å²) < 4.78 is 62.9. The molecule has 0 unspecified atom stereocenters. The van der Waals surface area contributed by atoms with Gasteiger partial charge < -0.3 is 14.8 Å². The monoisotopic (exact) mass is 489 g/mol. The van der Waals surface area contributed by atoms with Crippen molar-refractivity contribution in [1.29, 1.82) is 0 Å². The second kappa shape index (κ2) is 10.6. The van der Waals surface area contributed by atoms with E-state index in [1.165, 1.54) is 7.11 Å². The first kappa shape index (κ1) is 25.7. The lowest BCUT2D eigenvalue weighted by Crippen LogP contribution is -2.24. The number of hydrogen-bond donors (Lipinski definition) is 1. The van der Waals surface area contributed by atoms with E-state index in [2.05, 4.69) is 5.32 Å². The molecule has 0 aromatic heterocycles. The number of alkyl halides is 3. The lowest BCUT2D eigenvalue weighted by Gasteiger charge is -2.15. The predicted molar refractivity (Wildman–Crippen MR) is 122 cm³/mol. The van der Waals surface area contributed by atoms with E-state index in [4.69, 9.17) is 9.47 Å². The van der Waals surface area contributed by atoms with Gasteiger partial charge in [-0.15, -0.1) is 0 Å². The molecule has 3 rings (SSSR count). The molecule has 1 N–H and O–H groups in total. The molecule has 0 aliphatic carbocycles. The van der Waals surface area contributed by atoms with E-state index in [0.717, 1.165) is 22.8 Å². The first-order valence-corrected chi connectivity index (χ1v) is 10.6. The summed E-state index contributed by atoms with van der Waals surface area (Å²) in [6.45, 7) is 3.94. The van der Waals surface area contributed by atoms with Crippen LogP contribution in [0, 0.1) is 12.7 Å². The molecule has 0 radical (unpaired) electrons. The fraction of sp³-hybridized carbons (Fsp3) is 0.231. The Morgan fingerprint density at radius 2 is 1.74 bits per heavy atom. The van der Waals surface area contributed by atoms with Crippen molar-refractivity contribution in [3.8, 4) is 16.9 Å². The van der Waals surface area contributed by atoms with E-state index in [1.807, 2.05) is 13.0 Å². The Bertz CT molecular complexity index is 1250. The number of benzene rings is 3. The minimum atomic E-state index is -4.71. The molecule has 0 fully saturated rings. The van der Waals surface area contributed by atoms with Crippen LogP contribution in [0.15, 0.2) is 54.6 Å². The van der Waals surface area contributed by atoms with Crippen molar-refractivity contribution in [1.82, 2.24) is 5.32 Å². The van der Waals surface area contributed by atoms with Crippen LogP contribution in [0.2, 0.25) is 0 Å². The summed E-state index contributed by atoms with van der Waals surface area (Å²) in [5.74, 6) is -2.08. The van der Waals surface area contributed by atoms with Gasteiger partial charge in [-0.05, 0) is 73.0 Å². The van der Waals surface area contributed by atoms with Crippen LogP contribution in [-0.2, 0) is 17.5 Å². The zero-order chi connectivity index (χ0) is 25.8. The van der Waals surface area contributed by atoms with Crippen molar-refractivity contribution in [2.45, 2.75) is 26.6 Å². The molecule has 0 saturated carbocycles. The third-order valence-corrected chi connectivity index (χ3v) is 5.30. The average Bonchev–Trinajstić information content (AvgIpc) is 2.82. The van der Waals surface area contributed by atoms with Gasteiger partial charge in [-0.1, -0.05) is 12.1 Å². The molecule has 1 amide bonds. The minimum absolute atomic E-state index is 0.0538. The summed E-state index contributed by atoms with van der Waals surface area (Å²) in [5, 5.41) is 2.54. The fourth-order valence-electron chi connectivity index (χ4n) is 3.56. The standard InChI is InChI=1S/C26H23F4NO4/c1-4-35-23-10-6-16(20-8-5-17(11-15(20)2)25(33)34-3)12-18(23)14-31-24(32)21-9-7-19(13-22(21)27)26(28,29)30/h5-13H,4,14H2,1-3H3,(H,31,32). The van der Waals surface area contributed by atoms with Gasteiger partial charge in [-0.3, -0.25) is 4.79 Å². The highest BCUT2D eigenvalue weighted by molar-refractivity contribution is 5.94. The number of methoxy groups -OCH3 is 1. The van der Waals surface area contributed by atoms with E-state index in [-0.39, 0.29) is 6.54 Å². The molecular formula is C26H23F4NO4. The summed E-state index contributed by atoms with van der Waals surface area (Å²) >= 11 is 0. The molecule has 0 atom stereocenters. The maximum absolute atomic E-state index is 14.2. The number of ether oxygens (including phenoxy) is 2. The van der Waals surface area contributed by atoms with Gasteiger partial charge in [-0.25, -0.2) is 9.18 Å². The number of esters is 1. The largest absolute Gasteiger partial charge is 0.494 e. The lowest BCUT2D eigenvalue weighted by atomic mass is 9.96. The average molecular weight is 489 g/mol. The molecule has 0 saturated heterocycles. The minimum Gasteiger partial charge on any atom is -0.494 e. The molecule has 3 aromatic rings. The summed E-state index contributed by atoms with van der Waals surface area (Å²) in [5.41, 5.74) is 1.76. The van der Waals surface area contributed by atoms with Crippen LogP contribution >= 0.6 is 0 Å². The summed E-state index contributed by atoms with van der Waals surface area (Å²) in [6.07, 6.45) is -4.71. The highest BCUT2D eigenvalue weighted by Crippen LogP contribution is 2.31. The van der Waals surface area contributed by atoms with Crippen LogP contribution in [0.3, 0.4) is 0 Å². The third kappa shape index (κ3) is 5.98. The smallest absolute Gasteiger partial charge is 0.416 e. The first-order chi connectivity index (χ1) is 16.5. The molecular weight excluding hydrogens is 466 g/mol. The molecule has 0 heterocycles. The van der Waals surface area contributed by atoms with E-state index in [1.54, 1.807) is 37.3 Å². The lowest BCUT2D eigenvalue weighted by molar-refractivity contribution is -0.137. The van der Waals surface area contributed by atoms with Crippen LogP contribution in [-0.4, -0.2) is 25.6 Å². The molecule has 5 nitrogen and oxygen atoms in total. The van der Waals surface area contributed by atoms with Gasteiger partial charge in [0.2, 0.25) is 0 Å². The predicted octanol–water partition coefficient (Wildman–Crippen LogP) is 5.94. The summed E-state index contributed by atoms with van der Waals surface area (Å²) in [7, 11) is 1.30. The second-order valence-electron chi connectivity index (χ2n) is 7.65. The number of amides is 1. The van der Waals surface area contributed by atoms with Crippen molar-refractivity contribution in [3.05, 3.63) is 88.2 Å². The quantitative estimate of drug-likeness (QED) is 0.330. The zero-order valence-corrected chi connectivity index (χ0v) is 19.3. The van der Waals surface area contributed by atoms with Gasteiger partial charge in [0.25, 0.3) is 5.91 Å². The summed E-state index contributed by atoms with van der Waals surface area (Å²) in [4.78, 5) is 24.3. The summed E-state index contributed by atoms with van der Waals surface area (Å²) in [6, 6.07) is 12.2. The van der Waals surface area contributed by atoms with E-state index >= 15 is 0 Å². The molecule has 9 heteroatoms. The van der Waals surface area contributed by atoms with Gasteiger partial charge >= 0.3 is 12.1 Å². The Hall–Kier alpha value is -3.88. The fourth-order valence-corrected chi connectivity index (χ4v) is 3.56. The van der Waals surface area contributed by atoms with Crippen molar-refractivity contribution in [2.75, 3.05) is 13.7 Å². The van der Waals surface area contributed by atoms with Crippen molar-refractivity contribution < 1.29 is 36.6 Å². The second-order valence-corrected chi connectivity index (χ2v) is 7.65. The molecule has 3 aromatic carbocycles. The van der Waals surface area contributed by atoms with Gasteiger partial charge in [0.05, 0.1) is 30.4 Å². The highest BCUT2D eigenvalue weighted by Gasteiger charge is 2.31. The number of nitrogens with one attached hydrogen (secondary N) is 1. The normalized spacial score (nSPS) is 11.2. The first-order valence-electron chi connectivity index (χ1n) is 10.6. The van der Waals surface area contributed by atoms with Gasteiger partial charge in [0, 0.05) is 12.1 Å². The van der Waals surface area contributed by atoms with Crippen LogP contribution in [0.5, 0.6) is 5.75 Å². The Balaban J connectivity index is 1.86. The SMILES string of the molecule is CCOc1ccc(-c2ccc(C(=O)OC)cc2C)cc1CNC(=O)c1ccc(C(F)(F)F)cc1F. The zero-order valence-electron chi connectivity index (χ0n) is 19.3. The number of aryl methyl sites for hydroxylation is 1. The van der Waals surface area contributed by atoms with Crippen molar-refractivity contribution in [3.63, 3.8) is 0 Å². The number of rotatable bonds is 7. The van der Waals surface area contributed by atoms with Gasteiger partial charge in [0.1, 0.15) is 11.6 Å². The van der Waals surface area contributed by atoms with E-state index < -0.39 is 35.0 Å². The van der Waals surface area contributed by atoms with Crippen molar-refractivity contribution in [2.24, 2.45) is 0 Å². The topological polar surface area (TPSA) is 64.6 Å². The van der Waals surface area contributed by atoms with Crippen LogP contribution in [0.25, 0.3) is 11.1 Å². The van der Waals surface area contributed by atoms with E-state index in [9.17, 15) is 27.2 Å². The molecule has 0 bridgehead atoms. The highest BCUT2D eigenvalue weighted by atomic mass is 19.4. The van der Waals surface area contributed by atoms with Crippen LogP contribution in [0.1, 0.15) is 44.3 Å². The van der Waals surface area contributed by atoms with E-state index in [0.29, 0.717) is 35.6 Å². The van der Waals surface area contributed by atoms with Crippen LogP contribution < -0.4 is 10.1 Å². The van der Waals surface area contributed by atoms with Crippen molar-refractivity contribution >= 4 is 11.9 Å². The van der Waals surface area contributed by atoms with Gasteiger partial charge in [0.15, 0.2) is 0 Å². The van der Waals surface area contributed by atoms with Crippen LogP contribution in [0.4, 0.5) is 17.6 Å². The molecule has 35 heavy (non-hydrogen) atoms. The van der Waals surface area contributed by atoms with Gasteiger partial charge in [-0.2, -0.15) is 13.2 Å². The molecule has 0 spiro atoms. The molecule has 184 valence electrons. The Labute approximate surface area is 199 Å². The number of carbonyl (C=O) groups is 2. The number of halogens is 4. The molecule has 0 aliphatic heterocycles. The third-order valence-electron chi connectivity index (χ3n) is 5.30. The molecule has 0 aliphatic rings. The Morgan fingerprint density at radius 3 is 2.34 bits per heavy atom. The maximum atomic E-state index is 14.2. The Kier molecular flexibility index (Phi) is 7.78. The number of carbonyl (C=O) groups excluding carboxylic acids is 2. The Morgan fingerprint density at radius 1 is 1.00 bits per heavy atom.